The predicted octanol–water partition coefficient (Wildman–Crippen LogP) is 1.93. The molecule has 0 bridgehead atoms. The summed E-state index contributed by atoms with van der Waals surface area (Å²) in [7, 11) is 0. The zero-order chi connectivity index (χ0) is 16.4. The van der Waals surface area contributed by atoms with E-state index in [4.69, 9.17) is 9.47 Å². The molecule has 0 aromatic carbocycles. The van der Waals surface area contributed by atoms with Crippen molar-refractivity contribution < 1.29 is 24.2 Å². The minimum Gasteiger partial charge on any atom is -0.445 e. The third-order valence-electron chi connectivity index (χ3n) is 3.69. The number of aliphatic hydroxyl groups excluding tert-OH is 1. The minimum atomic E-state index is -1.42. The van der Waals surface area contributed by atoms with Crippen LogP contribution in [0.4, 0.5) is 4.79 Å². The number of cyclic esters (lactones) is 1. The van der Waals surface area contributed by atoms with E-state index in [1.165, 1.54) is 11.0 Å². The van der Waals surface area contributed by atoms with E-state index in [2.05, 4.69) is 6.58 Å². The Balaban J connectivity index is 3.31. The van der Waals surface area contributed by atoms with Gasteiger partial charge in [0.15, 0.2) is 11.8 Å². The van der Waals surface area contributed by atoms with Gasteiger partial charge in [-0.1, -0.05) is 47.3 Å². The van der Waals surface area contributed by atoms with Crippen LogP contribution < -0.4 is 0 Å². The molecule has 6 heteroatoms. The van der Waals surface area contributed by atoms with Crippen molar-refractivity contribution in [1.82, 2.24) is 4.90 Å². The molecule has 2 atom stereocenters. The topological polar surface area (TPSA) is 76.1 Å². The van der Waals surface area contributed by atoms with Crippen molar-refractivity contribution >= 4 is 12.1 Å². The summed E-state index contributed by atoms with van der Waals surface area (Å²) in [6, 6.07) is 0. The summed E-state index contributed by atoms with van der Waals surface area (Å²) in [5.74, 6) is -0.922. The van der Waals surface area contributed by atoms with Crippen LogP contribution in [0.2, 0.25) is 0 Å². The summed E-state index contributed by atoms with van der Waals surface area (Å²) in [6.45, 7) is 12.1. The first-order valence-electron chi connectivity index (χ1n) is 7.01. The quantitative estimate of drug-likeness (QED) is 0.634. The normalized spacial score (nSPS) is 26.0. The van der Waals surface area contributed by atoms with Gasteiger partial charge in [-0.25, -0.2) is 9.59 Å². The largest absolute Gasteiger partial charge is 0.445 e. The van der Waals surface area contributed by atoms with Crippen LogP contribution in [0.25, 0.3) is 0 Å². The van der Waals surface area contributed by atoms with E-state index in [0.717, 1.165) is 0 Å². The fraction of sp³-hybridized carbons (Fsp3) is 0.733. The molecule has 120 valence electrons. The Bertz CT molecular complexity index is 426. The number of hydrogen-bond donors (Lipinski definition) is 1. The standard InChI is InChI=1S/C15H25NO5/c1-7-8-20-13(19)16-11(14(4,5)6)21-12(18)15(16,9-17)10(2)3/h7,10-11,17H,1,8-9H2,2-6H3. The second-order valence-corrected chi connectivity index (χ2v) is 6.60. The minimum absolute atomic E-state index is 0.0278. The van der Waals surface area contributed by atoms with Gasteiger partial charge in [-0.2, -0.15) is 0 Å². The maximum atomic E-state index is 12.4. The van der Waals surface area contributed by atoms with Gasteiger partial charge in [0.2, 0.25) is 0 Å². The van der Waals surface area contributed by atoms with Crippen molar-refractivity contribution in [3.05, 3.63) is 12.7 Å². The Kier molecular flexibility index (Phi) is 5.04. The highest BCUT2D eigenvalue weighted by atomic mass is 16.6. The first-order valence-corrected chi connectivity index (χ1v) is 7.01. The molecule has 0 aromatic heterocycles. The average Bonchev–Trinajstić information content (AvgIpc) is 2.69. The van der Waals surface area contributed by atoms with Gasteiger partial charge in [0, 0.05) is 5.41 Å². The van der Waals surface area contributed by atoms with Gasteiger partial charge in [0.25, 0.3) is 0 Å². The molecule has 1 saturated heterocycles. The van der Waals surface area contributed by atoms with Crippen molar-refractivity contribution in [3.8, 4) is 0 Å². The number of amides is 1. The van der Waals surface area contributed by atoms with Crippen LogP contribution >= 0.6 is 0 Å². The fourth-order valence-electron chi connectivity index (χ4n) is 2.42. The van der Waals surface area contributed by atoms with Gasteiger partial charge in [0.1, 0.15) is 6.61 Å². The van der Waals surface area contributed by atoms with Crippen molar-refractivity contribution in [2.45, 2.75) is 46.4 Å². The molecule has 0 aromatic rings. The van der Waals surface area contributed by atoms with Crippen molar-refractivity contribution in [2.75, 3.05) is 13.2 Å². The Morgan fingerprint density at radius 3 is 2.52 bits per heavy atom. The number of carbonyl (C=O) groups excluding carboxylic acids is 2. The van der Waals surface area contributed by atoms with Crippen LogP contribution in [-0.2, 0) is 14.3 Å². The summed E-state index contributed by atoms with van der Waals surface area (Å²) in [5, 5.41) is 9.82. The fourth-order valence-corrected chi connectivity index (χ4v) is 2.42. The molecule has 1 aliphatic heterocycles. The van der Waals surface area contributed by atoms with Crippen molar-refractivity contribution in [2.24, 2.45) is 11.3 Å². The molecule has 0 radical (unpaired) electrons. The lowest BCUT2D eigenvalue weighted by Crippen LogP contribution is -2.61. The second-order valence-electron chi connectivity index (χ2n) is 6.60. The van der Waals surface area contributed by atoms with Gasteiger partial charge in [-0.3, -0.25) is 4.90 Å². The van der Waals surface area contributed by atoms with Gasteiger partial charge in [0.05, 0.1) is 6.61 Å². The molecule has 0 spiro atoms. The molecule has 1 aliphatic rings. The third kappa shape index (κ3) is 2.90. The van der Waals surface area contributed by atoms with E-state index in [0.29, 0.717) is 0 Å². The zero-order valence-corrected chi connectivity index (χ0v) is 13.4. The van der Waals surface area contributed by atoms with Crippen LogP contribution in [0.3, 0.4) is 0 Å². The molecule has 1 rings (SSSR count). The number of carbonyl (C=O) groups is 2. The van der Waals surface area contributed by atoms with E-state index < -0.39 is 35.9 Å². The van der Waals surface area contributed by atoms with Gasteiger partial charge in [-0.15, -0.1) is 0 Å². The van der Waals surface area contributed by atoms with Crippen LogP contribution in [0.1, 0.15) is 34.6 Å². The lowest BCUT2D eigenvalue weighted by Gasteiger charge is -2.40. The highest BCUT2D eigenvalue weighted by molar-refractivity contribution is 5.89. The predicted molar refractivity (Wildman–Crippen MR) is 77.4 cm³/mol. The molecular formula is C15H25NO5. The number of esters is 1. The molecule has 1 amide bonds. The van der Waals surface area contributed by atoms with Gasteiger partial charge in [-0.05, 0) is 5.92 Å². The number of ether oxygens (including phenoxy) is 2. The molecule has 6 nitrogen and oxygen atoms in total. The number of hydrogen-bond acceptors (Lipinski definition) is 5. The molecule has 1 N–H and O–H groups in total. The Hall–Kier alpha value is -1.56. The zero-order valence-electron chi connectivity index (χ0n) is 13.4. The van der Waals surface area contributed by atoms with Crippen LogP contribution in [0.15, 0.2) is 12.7 Å². The van der Waals surface area contributed by atoms with E-state index in [9.17, 15) is 14.7 Å². The maximum Gasteiger partial charge on any atom is 0.414 e. The molecule has 0 aliphatic carbocycles. The Morgan fingerprint density at radius 1 is 1.57 bits per heavy atom. The van der Waals surface area contributed by atoms with E-state index in [1.54, 1.807) is 13.8 Å². The first kappa shape index (κ1) is 17.5. The monoisotopic (exact) mass is 299 g/mol. The Labute approximate surface area is 125 Å². The van der Waals surface area contributed by atoms with Crippen LogP contribution in [-0.4, -0.2) is 47.0 Å². The highest BCUT2D eigenvalue weighted by Crippen LogP contribution is 2.41. The molecule has 21 heavy (non-hydrogen) atoms. The smallest absolute Gasteiger partial charge is 0.414 e. The van der Waals surface area contributed by atoms with Gasteiger partial charge >= 0.3 is 12.1 Å². The summed E-state index contributed by atoms with van der Waals surface area (Å²) < 4.78 is 10.5. The van der Waals surface area contributed by atoms with E-state index in [-0.39, 0.29) is 12.5 Å². The summed E-state index contributed by atoms with van der Waals surface area (Å²) >= 11 is 0. The summed E-state index contributed by atoms with van der Waals surface area (Å²) in [5.41, 5.74) is -1.93. The molecule has 0 saturated carbocycles. The molecular weight excluding hydrogens is 274 g/mol. The number of rotatable bonds is 4. The van der Waals surface area contributed by atoms with Crippen LogP contribution in [0, 0.1) is 11.3 Å². The summed E-state index contributed by atoms with van der Waals surface area (Å²) in [4.78, 5) is 26.0. The van der Waals surface area contributed by atoms with Crippen LogP contribution in [0.5, 0.6) is 0 Å². The Morgan fingerprint density at radius 2 is 2.14 bits per heavy atom. The number of nitrogens with zero attached hydrogens (tertiary/aromatic N) is 1. The lowest BCUT2D eigenvalue weighted by molar-refractivity contribution is -0.150. The maximum absolute atomic E-state index is 12.4. The third-order valence-corrected chi connectivity index (χ3v) is 3.69. The lowest BCUT2D eigenvalue weighted by atomic mass is 9.84. The second kappa shape index (κ2) is 6.05. The SMILES string of the molecule is C=CCOC(=O)N1C(C(C)(C)C)OC(=O)C1(CO)C(C)C. The van der Waals surface area contributed by atoms with E-state index >= 15 is 0 Å². The molecule has 1 heterocycles. The summed E-state index contributed by atoms with van der Waals surface area (Å²) in [6.07, 6.45) is -0.0426. The van der Waals surface area contributed by atoms with Crippen molar-refractivity contribution in [1.29, 1.82) is 0 Å². The number of aliphatic hydroxyl groups is 1. The highest BCUT2D eigenvalue weighted by Gasteiger charge is 2.62. The van der Waals surface area contributed by atoms with E-state index in [1.807, 2.05) is 20.8 Å². The van der Waals surface area contributed by atoms with Crippen molar-refractivity contribution in [3.63, 3.8) is 0 Å². The first-order chi connectivity index (χ1) is 9.62. The van der Waals surface area contributed by atoms with Gasteiger partial charge < -0.3 is 14.6 Å². The average molecular weight is 299 g/mol. The molecule has 2 unspecified atom stereocenters. The molecule has 1 fully saturated rings.